The Balaban J connectivity index is 2.08. The van der Waals surface area contributed by atoms with Crippen LogP contribution >= 0.6 is 0 Å². The summed E-state index contributed by atoms with van der Waals surface area (Å²) < 4.78 is 0. The molecule has 0 bridgehead atoms. The van der Waals surface area contributed by atoms with Gasteiger partial charge in [-0.2, -0.15) is 0 Å². The van der Waals surface area contributed by atoms with Crippen molar-refractivity contribution in [3.05, 3.63) is 47.5 Å². The first-order valence-corrected chi connectivity index (χ1v) is 6.45. The van der Waals surface area contributed by atoms with E-state index in [0.717, 1.165) is 28.5 Å². The molecule has 0 saturated carbocycles. The molecular weight excluding hydrogens is 252 g/mol. The van der Waals surface area contributed by atoms with E-state index in [-0.39, 0.29) is 5.91 Å². The number of carbonyl (C=O) groups is 1. The van der Waals surface area contributed by atoms with E-state index in [9.17, 15) is 4.79 Å². The van der Waals surface area contributed by atoms with E-state index in [0.29, 0.717) is 6.54 Å². The van der Waals surface area contributed by atoms with Crippen molar-refractivity contribution in [1.29, 1.82) is 0 Å². The highest BCUT2D eigenvalue weighted by Gasteiger charge is 2.03. The third kappa shape index (κ3) is 3.78. The summed E-state index contributed by atoms with van der Waals surface area (Å²) in [5.41, 5.74) is 3.72. The Labute approximate surface area is 118 Å². The average Bonchev–Trinajstić information content (AvgIpc) is 2.39. The molecule has 0 aliphatic carbocycles. The van der Waals surface area contributed by atoms with Crippen LogP contribution < -0.4 is 10.6 Å². The number of nitrogens with zero attached hydrogens (tertiary/aromatic N) is 2. The number of nitrogens with one attached hydrogen (secondary N) is 2. The van der Waals surface area contributed by atoms with Crippen LogP contribution in [0.15, 0.2) is 30.5 Å². The molecule has 0 saturated heterocycles. The number of aryl methyl sites for hydroxylation is 2. The van der Waals surface area contributed by atoms with Crippen LogP contribution in [0, 0.1) is 13.8 Å². The molecule has 1 aromatic carbocycles. The lowest BCUT2D eigenvalue weighted by atomic mass is 10.1. The summed E-state index contributed by atoms with van der Waals surface area (Å²) in [6.07, 6.45) is 1.75. The minimum absolute atomic E-state index is 0.0725. The summed E-state index contributed by atoms with van der Waals surface area (Å²) in [5.74, 6) is 0.684. The fourth-order valence-electron chi connectivity index (χ4n) is 1.85. The number of benzene rings is 1. The first-order valence-electron chi connectivity index (χ1n) is 6.45. The summed E-state index contributed by atoms with van der Waals surface area (Å²) in [6, 6.07) is 7.75. The molecule has 104 valence electrons. The molecule has 0 atom stereocenters. The molecule has 0 unspecified atom stereocenters. The van der Waals surface area contributed by atoms with Crippen LogP contribution in [0.1, 0.15) is 24.0 Å². The molecule has 20 heavy (non-hydrogen) atoms. The second kappa shape index (κ2) is 6.14. The van der Waals surface area contributed by atoms with E-state index in [2.05, 4.69) is 20.6 Å². The van der Waals surface area contributed by atoms with Crippen LogP contribution in [0.5, 0.6) is 0 Å². The standard InChI is InChI=1S/C15H18N4O/c1-10-4-5-13(8-15(10)19-12(3)20)17-9-14-6-7-16-11(2)18-14/h4-8,17H,9H2,1-3H3,(H,19,20). The molecule has 0 aliphatic rings. The summed E-state index contributed by atoms with van der Waals surface area (Å²) >= 11 is 0. The molecule has 5 heteroatoms. The maximum Gasteiger partial charge on any atom is 0.221 e. The normalized spacial score (nSPS) is 10.2. The van der Waals surface area contributed by atoms with Crippen LogP contribution in [-0.4, -0.2) is 15.9 Å². The monoisotopic (exact) mass is 270 g/mol. The third-order valence-corrected chi connectivity index (χ3v) is 2.86. The number of hydrogen-bond donors (Lipinski definition) is 2. The Bertz CT molecular complexity index is 625. The van der Waals surface area contributed by atoms with Crippen molar-refractivity contribution in [2.45, 2.75) is 27.3 Å². The molecule has 2 N–H and O–H groups in total. The molecule has 0 radical (unpaired) electrons. The van der Waals surface area contributed by atoms with E-state index in [1.54, 1.807) is 6.20 Å². The van der Waals surface area contributed by atoms with Gasteiger partial charge in [0.15, 0.2) is 0 Å². The van der Waals surface area contributed by atoms with Crippen molar-refractivity contribution in [3.8, 4) is 0 Å². The highest BCUT2D eigenvalue weighted by Crippen LogP contribution is 2.20. The van der Waals surface area contributed by atoms with Gasteiger partial charge in [0, 0.05) is 24.5 Å². The Morgan fingerprint density at radius 2 is 2.05 bits per heavy atom. The molecular formula is C15H18N4O. The van der Waals surface area contributed by atoms with Gasteiger partial charge >= 0.3 is 0 Å². The maximum atomic E-state index is 11.1. The zero-order valence-electron chi connectivity index (χ0n) is 11.9. The van der Waals surface area contributed by atoms with E-state index < -0.39 is 0 Å². The van der Waals surface area contributed by atoms with Gasteiger partial charge in [-0.3, -0.25) is 4.79 Å². The zero-order chi connectivity index (χ0) is 14.5. The molecule has 0 fully saturated rings. The number of amides is 1. The Hall–Kier alpha value is -2.43. The van der Waals surface area contributed by atoms with E-state index in [4.69, 9.17) is 0 Å². The SMILES string of the molecule is CC(=O)Nc1cc(NCc2ccnc(C)n2)ccc1C. The third-order valence-electron chi connectivity index (χ3n) is 2.86. The topological polar surface area (TPSA) is 66.9 Å². The Kier molecular flexibility index (Phi) is 4.30. The van der Waals surface area contributed by atoms with Crippen LogP contribution in [0.3, 0.4) is 0 Å². The molecule has 1 amide bonds. The number of rotatable bonds is 4. The molecule has 0 spiro atoms. The summed E-state index contributed by atoms with van der Waals surface area (Å²) in [6.45, 7) is 5.95. The molecule has 1 aromatic heterocycles. The van der Waals surface area contributed by atoms with Crippen molar-refractivity contribution >= 4 is 17.3 Å². The fraction of sp³-hybridized carbons (Fsp3) is 0.267. The second-order valence-corrected chi connectivity index (χ2v) is 4.66. The van der Waals surface area contributed by atoms with Gasteiger partial charge in [0.2, 0.25) is 5.91 Å². The van der Waals surface area contributed by atoms with E-state index >= 15 is 0 Å². The van der Waals surface area contributed by atoms with Gasteiger partial charge in [-0.15, -0.1) is 0 Å². The van der Waals surface area contributed by atoms with E-state index in [1.165, 1.54) is 6.92 Å². The van der Waals surface area contributed by atoms with Gasteiger partial charge in [-0.05, 0) is 37.6 Å². The number of aromatic nitrogens is 2. The van der Waals surface area contributed by atoms with Crippen molar-refractivity contribution in [2.24, 2.45) is 0 Å². The number of carbonyl (C=O) groups excluding carboxylic acids is 1. The smallest absolute Gasteiger partial charge is 0.221 e. The van der Waals surface area contributed by atoms with Crippen molar-refractivity contribution in [1.82, 2.24) is 9.97 Å². The van der Waals surface area contributed by atoms with Crippen LogP contribution in [0.2, 0.25) is 0 Å². The highest BCUT2D eigenvalue weighted by atomic mass is 16.1. The van der Waals surface area contributed by atoms with Crippen LogP contribution in [-0.2, 0) is 11.3 Å². The summed E-state index contributed by atoms with van der Waals surface area (Å²) in [5, 5.41) is 6.10. The summed E-state index contributed by atoms with van der Waals surface area (Å²) in [4.78, 5) is 19.5. The zero-order valence-corrected chi connectivity index (χ0v) is 11.9. The average molecular weight is 270 g/mol. The van der Waals surface area contributed by atoms with Gasteiger partial charge in [-0.25, -0.2) is 9.97 Å². The van der Waals surface area contributed by atoms with Gasteiger partial charge in [-0.1, -0.05) is 6.07 Å². The van der Waals surface area contributed by atoms with Gasteiger partial charge in [0.05, 0.1) is 12.2 Å². The number of hydrogen-bond acceptors (Lipinski definition) is 4. The lowest BCUT2D eigenvalue weighted by Crippen LogP contribution is -2.08. The molecule has 2 rings (SSSR count). The van der Waals surface area contributed by atoms with Crippen LogP contribution in [0.4, 0.5) is 11.4 Å². The lowest BCUT2D eigenvalue weighted by molar-refractivity contribution is -0.114. The Morgan fingerprint density at radius 3 is 2.75 bits per heavy atom. The van der Waals surface area contributed by atoms with Gasteiger partial charge < -0.3 is 10.6 Å². The molecule has 2 aromatic rings. The quantitative estimate of drug-likeness (QED) is 0.896. The van der Waals surface area contributed by atoms with Gasteiger partial charge in [0.25, 0.3) is 0 Å². The second-order valence-electron chi connectivity index (χ2n) is 4.66. The maximum absolute atomic E-state index is 11.1. The fourth-order valence-corrected chi connectivity index (χ4v) is 1.85. The largest absolute Gasteiger partial charge is 0.379 e. The number of anilines is 2. The van der Waals surface area contributed by atoms with Crippen LogP contribution in [0.25, 0.3) is 0 Å². The Morgan fingerprint density at radius 1 is 1.25 bits per heavy atom. The van der Waals surface area contributed by atoms with Crippen molar-refractivity contribution in [3.63, 3.8) is 0 Å². The predicted octanol–water partition coefficient (Wildman–Crippen LogP) is 2.66. The van der Waals surface area contributed by atoms with Crippen molar-refractivity contribution in [2.75, 3.05) is 10.6 Å². The first-order chi connectivity index (χ1) is 9.54. The minimum Gasteiger partial charge on any atom is -0.379 e. The van der Waals surface area contributed by atoms with E-state index in [1.807, 2.05) is 38.1 Å². The molecule has 1 heterocycles. The summed E-state index contributed by atoms with van der Waals surface area (Å²) in [7, 11) is 0. The predicted molar refractivity (Wildman–Crippen MR) is 79.6 cm³/mol. The highest BCUT2D eigenvalue weighted by molar-refractivity contribution is 5.90. The first kappa shape index (κ1) is 14.0. The van der Waals surface area contributed by atoms with Gasteiger partial charge in [0.1, 0.15) is 5.82 Å². The minimum atomic E-state index is -0.0725. The molecule has 0 aliphatic heterocycles. The molecule has 5 nitrogen and oxygen atoms in total. The lowest BCUT2D eigenvalue weighted by Gasteiger charge is -2.11. The van der Waals surface area contributed by atoms with Crippen molar-refractivity contribution < 1.29 is 4.79 Å².